The third-order valence-electron chi connectivity index (χ3n) is 3.97. The summed E-state index contributed by atoms with van der Waals surface area (Å²) in [5.74, 6) is 0.560. The van der Waals surface area contributed by atoms with Crippen molar-refractivity contribution in [3.63, 3.8) is 0 Å². The molecule has 21 heavy (non-hydrogen) atoms. The lowest BCUT2D eigenvalue weighted by molar-refractivity contribution is -0.00537. The Hall–Kier alpha value is -2.05. The number of likely N-dealkylation sites (tertiary alicyclic amines) is 1. The molecule has 1 aromatic heterocycles. The maximum absolute atomic E-state index is 12.5. The fraction of sp³-hybridized carbons (Fsp3) is 0.643. The molecule has 3 heterocycles. The second-order valence-corrected chi connectivity index (χ2v) is 5.68. The second-order valence-electron chi connectivity index (χ2n) is 5.68. The van der Waals surface area contributed by atoms with Crippen molar-refractivity contribution in [2.45, 2.75) is 38.2 Å². The number of aryl methyl sites for hydroxylation is 1. The van der Waals surface area contributed by atoms with Gasteiger partial charge in [-0.15, -0.1) is 0 Å². The number of rotatable bonds is 3. The van der Waals surface area contributed by atoms with Gasteiger partial charge in [0.1, 0.15) is 11.4 Å². The summed E-state index contributed by atoms with van der Waals surface area (Å²) in [4.78, 5) is 25.4. The van der Waals surface area contributed by atoms with Crippen LogP contribution in [0.2, 0.25) is 0 Å². The molecule has 1 spiro atoms. The minimum atomic E-state index is -0.582. The summed E-state index contributed by atoms with van der Waals surface area (Å²) in [6.07, 6.45) is 2.88. The van der Waals surface area contributed by atoms with Gasteiger partial charge in [-0.3, -0.25) is 4.79 Å². The first-order chi connectivity index (χ1) is 10.1. The van der Waals surface area contributed by atoms with Crippen molar-refractivity contribution in [2.75, 3.05) is 19.6 Å². The molecule has 1 atom stereocenters. The molecule has 1 N–H and O–H groups in total. The number of ether oxygens (including phenoxy) is 1. The van der Waals surface area contributed by atoms with E-state index in [4.69, 9.17) is 9.26 Å². The Morgan fingerprint density at radius 1 is 1.57 bits per heavy atom. The van der Waals surface area contributed by atoms with Crippen molar-refractivity contribution in [1.29, 1.82) is 0 Å². The molecule has 2 aliphatic rings. The highest BCUT2D eigenvalue weighted by atomic mass is 16.6. The molecule has 1 aromatic rings. The molecule has 2 fully saturated rings. The third-order valence-corrected chi connectivity index (χ3v) is 3.97. The number of nitrogens with one attached hydrogen (secondary N) is 1. The van der Waals surface area contributed by atoms with E-state index in [1.807, 2.05) is 6.92 Å². The van der Waals surface area contributed by atoms with Gasteiger partial charge in [-0.25, -0.2) is 4.79 Å². The Labute approximate surface area is 122 Å². The highest BCUT2D eigenvalue weighted by molar-refractivity contribution is 5.92. The van der Waals surface area contributed by atoms with Crippen molar-refractivity contribution < 1.29 is 18.8 Å². The predicted octanol–water partition coefficient (Wildman–Crippen LogP) is 1.34. The first-order valence-electron chi connectivity index (χ1n) is 7.34. The summed E-state index contributed by atoms with van der Waals surface area (Å²) in [6.45, 7) is 3.55. The van der Waals surface area contributed by atoms with Gasteiger partial charge in [0.25, 0.3) is 5.91 Å². The van der Waals surface area contributed by atoms with Crippen LogP contribution in [0.1, 0.15) is 42.4 Å². The number of aromatic nitrogens is 1. The van der Waals surface area contributed by atoms with E-state index in [2.05, 4.69) is 10.5 Å². The van der Waals surface area contributed by atoms with Gasteiger partial charge in [-0.1, -0.05) is 12.1 Å². The number of hydrogen-bond donors (Lipinski definition) is 1. The molecule has 114 valence electrons. The average Bonchev–Trinajstić information content (AvgIpc) is 3.06. The summed E-state index contributed by atoms with van der Waals surface area (Å²) in [7, 11) is 0. The normalized spacial score (nSPS) is 25.0. The molecule has 7 heteroatoms. The number of carbonyl (C=O) groups excluding carboxylic acids is 2. The molecule has 3 rings (SSSR count). The van der Waals surface area contributed by atoms with Gasteiger partial charge < -0.3 is 19.5 Å². The Kier molecular flexibility index (Phi) is 3.57. The van der Waals surface area contributed by atoms with Gasteiger partial charge >= 0.3 is 6.09 Å². The van der Waals surface area contributed by atoms with Crippen LogP contribution in [0.3, 0.4) is 0 Å². The first-order valence-corrected chi connectivity index (χ1v) is 7.34. The zero-order valence-corrected chi connectivity index (χ0v) is 12.1. The number of nitrogens with zero attached hydrogens (tertiary/aromatic N) is 2. The van der Waals surface area contributed by atoms with Crippen LogP contribution >= 0.6 is 0 Å². The molecule has 2 saturated heterocycles. The molecule has 0 aromatic carbocycles. The molecule has 0 radical (unpaired) electrons. The number of hydrogen-bond acceptors (Lipinski definition) is 5. The standard InChI is InChI=1S/C14H19N3O4/c1-2-4-10-7-11(16-21-10)12(18)17-6-3-5-14(9-17)8-15-13(19)20-14/h7H,2-6,8-9H2,1H3,(H,15,19)/t14-/m0/s1. The summed E-state index contributed by atoms with van der Waals surface area (Å²) in [5, 5.41) is 6.52. The summed E-state index contributed by atoms with van der Waals surface area (Å²) >= 11 is 0. The lowest BCUT2D eigenvalue weighted by Crippen LogP contribution is -2.52. The summed E-state index contributed by atoms with van der Waals surface area (Å²) < 4.78 is 10.5. The topological polar surface area (TPSA) is 84.7 Å². The third kappa shape index (κ3) is 2.72. The van der Waals surface area contributed by atoms with Gasteiger partial charge in [-0.05, 0) is 19.3 Å². The molecule has 0 aliphatic carbocycles. The maximum Gasteiger partial charge on any atom is 0.407 e. The first kappa shape index (κ1) is 13.9. The van der Waals surface area contributed by atoms with Crippen LogP contribution in [-0.2, 0) is 11.2 Å². The fourth-order valence-electron chi connectivity index (χ4n) is 2.94. The Balaban J connectivity index is 1.70. The smallest absolute Gasteiger partial charge is 0.407 e. The van der Waals surface area contributed by atoms with Crippen LogP contribution in [0.4, 0.5) is 4.79 Å². The predicted molar refractivity (Wildman–Crippen MR) is 72.9 cm³/mol. The number of piperidine rings is 1. The van der Waals surface area contributed by atoms with E-state index in [1.165, 1.54) is 0 Å². The van der Waals surface area contributed by atoms with E-state index < -0.39 is 11.7 Å². The largest absolute Gasteiger partial charge is 0.439 e. The average molecular weight is 293 g/mol. The highest BCUT2D eigenvalue weighted by Crippen LogP contribution is 2.28. The van der Waals surface area contributed by atoms with Crippen LogP contribution in [0.25, 0.3) is 0 Å². The van der Waals surface area contributed by atoms with Gasteiger partial charge in [0.2, 0.25) is 0 Å². The quantitative estimate of drug-likeness (QED) is 0.909. The molecular formula is C14H19N3O4. The Morgan fingerprint density at radius 2 is 2.43 bits per heavy atom. The monoisotopic (exact) mass is 293 g/mol. The van der Waals surface area contributed by atoms with Gasteiger partial charge in [-0.2, -0.15) is 0 Å². The summed E-state index contributed by atoms with van der Waals surface area (Å²) in [6, 6.07) is 1.70. The number of amides is 2. The van der Waals surface area contributed by atoms with Crippen molar-refractivity contribution in [2.24, 2.45) is 0 Å². The van der Waals surface area contributed by atoms with Crippen molar-refractivity contribution in [1.82, 2.24) is 15.4 Å². The molecule has 2 amide bonds. The minimum Gasteiger partial charge on any atom is -0.439 e. The lowest BCUT2D eigenvalue weighted by Gasteiger charge is -2.37. The van der Waals surface area contributed by atoms with Crippen molar-refractivity contribution in [3.05, 3.63) is 17.5 Å². The van der Waals surface area contributed by atoms with Crippen LogP contribution in [0.15, 0.2) is 10.6 Å². The van der Waals surface area contributed by atoms with Gasteiger partial charge in [0.05, 0.1) is 13.1 Å². The molecule has 2 aliphatic heterocycles. The van der Waals surface area contributed by atoms with Gasteiger partial charge in [0, 0.05) is 19.0 Å². The molecule has 0 saturated carbocycles. The van der Waals surface area contributed by atoms with E-state index >= 15 is 0 Å². The van der Waals surface area contributed by atoms with Gasteiger partial charge in [0.15, 0.2) is 5.69 Å². The minimum absolute atomic E-state index is 0.164. The van der Waals surface area contributed by atoms with E-state index in [-0.39, 0.29) is 5.91 Å². The van der Waals surface area contributed by atoms with E-state index in [1.54, 1.807) is 11.0 Å². The van der Waals surface area contributed by atoms with Crippen LogP contribution in [0, 0.1) is 0 Å². The number of alkyl carbamates (subject to hydrolysis) is 1. The van der Waals surface area contributed by atoms with Crippen molar-refractivity contribution in [3.8, 4) is 0 Å². The molecule has 0 bridgehead atoms. The van der Waals surface area contributed by atoms with Crippen LogP contribution in [-0.4, -0.2) is 47.3 Å². The Bertz CT molecular complexity index is 556. The van der Waals surface area contributed by atoms with E-state index in [0.717, 1.165) is 31.4 Å². The number of carbonyl (C=O) groups is 2. The maximum atomic E-state index is 12.5. The molecule has 0 unspecified atom stereocenters. The van der Waals surface area contributed by atoms with E-state index in [9.17, 15) is 9.59 Å². The van der Waals surface area contributed by atoms with E-state index in [0.29, 0.717) is 25.3 Å². The zero-order valence-electron chi connectivity index (χ0n) is 12.1. The van der Waals surface area contributed by atoms with Crippen molar-refractivity contribution >= 4 is 12.0 Å². The van der Waals surface area contributed by atoms with Crippen LogP contribution < -0.4 is 5.32 Å². The second kappa shape index (κ2) is 5.38. The SMILES string of the molecule is CCCc1cc(C(=O)N2CCC[C@]3(CNC(=O)O3)C2)no1. The fourth-order valence-corrected chi connectivity index (χ4v) is 2.94. The highest BCUT2D eigenvalue weighted by Gasteiger charge is 2.45. The van der Waals surface area contributed by atoms with Crippen LogP contribution in [0.5, 0.6) is 0 Å². The zero-order chi connectivity index (χ0) is 14.9. The Morgan fingerprint density at radius 3 is 3.14 bits per heavy atom. The molecule has 7 nitrogen and oxygen atoms in total. The lowest BCUT2D eigenvalue weighted by atomic mass is 9.93. The summed E-state index contributed by atoms with van der Waals surface area (Å²) in [5.41, 5.74) is -0.256. The molecular weight excluding hydrogens is 274 g/mol.